The molecule has 0 saturated carbocycles. The molecular formula is C19H28F4N3O2P. The number of urea groups is 1. The Morgan fingerprint density at radius 3 is 2.28 bits per heavy atom. The van der Waals surface area contributed by atoms with Crippen LogP contribution in [0.25, 0.3) is 0 Å². The van der Waals surface area contributed by atoms with Crippen LogP contribution in [-0.4, -0.2) is 49.6 Å². The maximum atomic E-state index is 14.0. The van der Waals surface area contributed by atoms with Crippen LogP contribution in [0.4, 0.5) is 28.0 Å². The lowest BCUT2D eigenvalue weighted by Crippen LogP contribution is -2.44. The zero-order chi connectivity index (χ0) is 22.2. The molecule has 1 aliphatic heterocycles. The van der Waals surface area contributed by atoms with Crippen molar-refractivity contribution in [2.45, 2.75) is 50.7 Å². The Balaban J connectivity index is 0.000000960. The number of aldehydes is 1. The number of nitrogens with zero attached hydrogens (tertiary/aromatic N) is 1. The fourth-order valence-corrected chi connectivity index (χ4v) is 2.87. The van der Waals surface area contributed by atoms with Crippen molar-refractivity contribution in [3.8, 4) is 0 Å². The van der Waals surface area contributed by atoms with Crippen LogP contribution in [0.3, 0.4) is 0 Å². The monoisotopic (exact) mass is 437 g/mol. The van der Waals surface area contributed by atoms with Crippen molar-refractivity contribution in [2.75, 3.05) is 25.5 Å². The molecule has 10 heteroatoms. The Labute approximate surface area is 170 Å². The summed E-state index contributed by atoms with van der Waals surface area (Å²) in [4.78, 5) is 23.4. The van der Waals surface area contributed by atoms with Gasteiger partial charge in [0.05, 0.1) is 0 Å². The number of piperidine rings is 1. The predicted molar refractivity (Wildman–Crippen MR) is 109 cm³/mol. The summed E-state index contributed by atoms with van der Waals surface area (Å²) in [6.07, 6.45) is -1.85. The number of hydrogen-bond donors (Lipinski definition) is 2. The molecule has 1 heterocycles. The number of amides is 2. The van der Waals surface area contributed by atoms with Crippen LogP contribution in [0.15, 0.2) is 18.2 Å². The summed E-state index contributed by atoms with van der Waals surface area (Å²) in [7, 11) is 3.22. The summed E-state index contributed by atoms with van der Waals surface area (Å²) in [6, 6.07) is 3.04. The van der Waals surface area contributed by atoms with Gasteiger partial charge in [-0.3, -0.25) is 0 Å². The molecule has 1 saturated heterocycles. The molecule has 1 aromatic carbocycles. The number of alkyl halides is 4. The van der Waals surface area contributed by atoms with Crippen LogP contribution in [-0.2, 0) is 10.2 Å². The standard InChI is InChI=1S/C16H22F4N3OP.C3H6O/c1-10-9-11(15(17,25)16(18,19)20)3-4-13(10)22-14(24)21-12-5-7-23(2)8-6-12;1-2-3-4/h3-4,9,12H,5-8,25H2,1-2H3,(H2,21,22,24);3H,2H2,1H3. The van der Waals surface area contributed by atoms with E-state index in [1.165, 1.54) is 22.2 Å². The second kappa shape index (κ2) is 10.9. The van der Waals surface area contributed by atoms with Gasteiger partial charge in [0, 0.05) is 23.7 Å². The largest absolute Gasteiger partial charge is 0.430 e. The molecule has 0 aliphatic carbocycles. The fourth-order valence-electron chi connectivity index (χ4n) is 2.69. The van der Waals surface area contributed by atoms with E-state index >= 15 is 0 Å². The van der Waals surface area contributed by atoms with Gasteiger partial charge in [-0.25, -0.2) is 9.18 Å². The number of benzene rings is 1. The number of halogens is 4. The second-order valence-electron chi connectivity index (χ2n) is 6.99. The molecule has 5 nitrogen and oxygen atoms in total. The normalized spacial score (nSPS) is 17.5. The number of anilines is 1. The van der Waals surface area contributed by atoms with Crippen LogP contribution in [0.2, 0.25) is 0 Å². The van der Waals surface area contributed by atoms with E-state index in [0.29, 0.717) is 17.7 Å². The zero-order valence-electron chi connectivity index (χ0n) is 16.8. The highest BCUT2D eigenvalue weighted by molar-refractivity contribution is 7.18. The van der Waals surface area contributed by atoms with E-state index < -0.39 is 23.2 Å². The fraction of sp³-hybridized carbons (Fsp3) is 0.579. The predicted octanol–water partition coefficient (Wildman–Crippen LogP) is 4.37. The quantitative estimate of drug-likeness (QED) is 0.418. The van der Waals surface area contributed by atoms with Crippen molar-refractivity contribution in [1.29, 1.82) is 0 Å². The second-order valence-corrected chi connectivity index (χ2v) is 7.79. The minimum Gasteiger partial charge on any atom is -0.335 e. The highest BCUT2D eigenvalue weighted by atomic mass is 31.0. The summed E-state index contributed by atoms with van der Waals surface area (Å²) < 4.78 is 52.3. The summed E-state index contributed by atoms with van der Waals surface area (Å²) in [5.41, 5.74) is 0.172. The van der Waals surface area contributed by atoms with Gasteiger partial charge >= 0.3 is 12.2 Å². The third-order valence-electron chi connectivity index (χ3n) is 4.53. The first-order chi connectivity index (χ1) is 13.4. The highest BCUT2D eigenvalue weighted by Crippen LogP contribution is 2.48. The Bertz CT molecular complexity index is 691. The molecule has 1 aliphatic rings. The van der Waals surface area contributed by atoms with E-state index in [0.717, 1.165) is 44.4 Å². The molecule has 2 amide bonds. The van der Waals surface area contributed by atoms with Crippen molar-refractivity contribution in [3.05, 3.63) is 29.3 Å². The molecule has 0 bridgehead atoms. The van der Waals surface area contributed by atoms with Crippen LogP contribution >= 0.6 is 9.24 Å². The Morgan fingerprint density at radius 1 is 1.28 bits per heavy atom. The first kappa shape index (κ1) is 25.3. The van der Waals surface area contributed by atoms with Crippen molar-refractivity contribution in [1.82, 2.24) is 10.2 Å². The van der Waals surface area contributed by atoms with Crippen LogP contribution in [0, 0.1) is 6.92 Å². The summed E-state index contributed by atoms with van der Waals surface area (Å²) in [6.45, 7) is 5.12. The van der Waals surface area contributed by atoms with Gasteiger partial charge < -0.3 is 20.3 Å². The third-order valence-corrected chi connectivity index (χ3v) is 5.19. The lowest BCUT2D eigenvalue weighted by Gasteiger charge is -2.29. The van der Waals surface area contributed by atoms with Crippen molar-refractivity contribution in [2.24, 2.45) is 0 Å². The van der Waals surface area contributed by atoms with Gasteiger partial charge in [0.2, 0.25) is 5.41 Å². The van der Waals surface area contributed by atoms with Gasteiger partial charge in [-0.1, -0.05) is 28.3 Å². The SMILES string of the molecule is CCC=O.Cc1cc(C(F)(P)C(F)(F)F)ccc1NC(=O)NC1CCN(C)CC1. The van der Waals surface area contributed by atoms with Crippen molar-refractivity contribution < 1.29 is 27.2 Å². The van der Waals surface area contributed by atoms with E-state index in [9.17, 15) is 27.2 Å². The average Bonchev–Trinajstić information content (AvgIpc) is 2.64. The van der Waals surface area contributed by atoms with Crippen LogP contribution in [0.5, 0.6) is 0 Å². The molecule has 1 fully saturated rings. The van der Waals surface area contributed by atoms with E-state index in [2.05, 4.69) is 15.5 Å². The minimum absolute atomic E-state index is 0.0616. The molecule has 2 atom stereocenters. The third kappa shape index (κ3) is 7.55. The summed E-state index contributed by atoms with van der Waals surface area (Å²) in [5, 5.41) is 1.94. The number of aryl methyl sites for hydroxylation is 1. The molecule has 1 aromatic rings. The van der Waals surface area contributed by atoms with Gasteiger partial charge in [0.25, 0.3) is 0 Å². The first-order valence-electron chi connectivity index (χ1n) is 9.27. The van der Waals surface area contributed by atoms with Gasteiger partial charge in [0.1, 0.15) is 6.29 Å². The molecule has 0 spiro atoms. The Kier molecular flexibility index (Phi) is 9.49. The number of likely N-dealkylation sites (tertiary alicyclic amines) is 1. The maximum Gasteiger partial charge on any atom is 0.430 e. The summed E-state index contributed by atoms with van der Waals surface area (Å²) >= 11 is 0. The number of nitrogens with one attached hydrogen (secondary N) is 2. The van der Waals surface area contributed by atoms with E-state index in [-0.39, 0.29) is 6.04 Å². The maximum absolute atomic E-state index is 14.0. The highest BCUT2D eigenvalue weighted by Gasteiger charge is 2.53. The van der Waals surface area contributed by atoms with Crippen molar-refractivity contribution >= 4 is 27.2 Å². The van der Waals surface area contributed by atoms with E-state index in [1.54, 1.807) is 0 Å². The molecule has 0 radical (unpaired) electrons. The van der Waals surface area contributed by atoms with E-state index in [4.69, 9.17) is 0 Å². The van der Waals surface area contributed by atoms with Crippen molar-refractivity contribution in [3.63, 3.8) is 0 Å². The van der Waals surface area contributed by atoms with Crippen LogP contribution < -0.4 is 10.6 Å². The lowest BCUT2D eigenvalue weighted by molar-refractivity contribution is -0.199. The van der Waals surface area contributed by atoms with Gasteiger partial charge in [-0.15, -0.1) is 0 Å². The molecule has 2 rings (SSSR count). The summed E-state index contributed by atoms with van der Waals surface area (Å²) in [5.74, 6) is 0. The van der Waals surface area contributed by atoms with Gasteiger partial charge in [0.15, 0.2) is 0 Å². The number of hydrogen-bond acceptors (Lipinski definition) is 3. The van der Waals surface area contributed by atoms with Gasteiger partial charge in [-0.05, 0) is 51.5 Å². The molecule has 0 aromatic heterocycles. The Hall–Kier alpha value is -1.73. The first-order valence-corrected chi connectivity index (χ1v) is 9.85. The number of carbonyl (C=O) groups is 2. The minimum atomic E-state index is -5.04. The zero-order valence-corrected chi connectivity index (χ0v) is 17.9. The lowest BCUT2D eigenvalue weighted by atomic mass is 10.0. The van der Waals surface area contributed by atoms with Gasteiger partial charge in [-0.2, -0.15) is 13.2 Å². The smallest absolute Gasteiger partial charge is 0.335 e. The Morgan fingerprint density at radius 2 is 1.83 bits per heavy atom. The molecule has 2 unspecified atom stereocenters. The molecule has 164 valence electrons. The molecule has 2 N–H and O–H groups in total. The van der Waals surface area contributed by atoms with E-state index in [1.807, 2.05) is 14.0 Å². The topological polar surface area (TPSA) is 61.4 Å². The average molecular weight is 437 g/mol. The number of carbonyl (C=O) groups excluding carboxylic acids is 2. The number of rotatable bonds is 4. The van der Waals surface area contributed by atoms with Crippen LogP contribution in [0.1, 0.15) is 37.3 Å². The molecular weight excluding hydrogens is 409 g/mol. The molecule has 29 heavy (non-hydrogen) atoms.